The molecule has 0 spiro atoms. The number of rotatable bonds is 6. The average molecular weight is 404 g/mol. The van der Waals surface area contributed by atoms with Crippen LogP contribution in [0.2, 0.25) is 10.0 Å². The summed E-state index contributed by atoms with van der Waals surface area (Å²) in [5.41, 5.74) is 1.12. The highest BCUT2D eigenvalue weighted by atomic mass is 35.5. The van der Waals surface area contributed by atoms with Crippen molar-refractivity contribution < 1.29 is 14.3 Å². The summed E-state index contributed by atoms with van der Waals surface area (Å²) in [5.74, 6) is -1.06. The van der Waals surface area contributed by atoms with Crippen LogP contribution < -0.4 is 10.6 Å². The van der Waals surface area contributed by atoms with Crippen molar-refractivity contribution >= 4 is 46.5 Å². The number of nitriles is 1. The highest BCUT2D eigenvalue weighted by Crippen LogP contribution is 2.29. The first-order chi connectivity index (χ1) is 13.0. The van der Waals surface area contributed by atoms with Gasteiger partial charge in [0.2, 0.25) is 0 Å². The van der Waals surface area contributed by atoms with Crippen LogP contribution in [0.25, 0.3) is 0 Å². The molecule has 0 aliphatic carbocycles. The summed E-state index contributed by atoms with van der Waals surface area (Å²) in [6.45, 7) is 2.02. The number of amides is 1. The molecule has 138 valence electrons. The Balaban J connectivity index is 2.07. The number of ether oxygens (including phenoxy) is 1. The second kappa shape index (κ2) is 9.62. The molecule has 0 aliphatic rings. The van der Waals surface area contributed by atoms with E-state index >= 15 is 0 Å². The lowest BCUT2D eigenvalue weighted by Gasteiger charge is -2.08. The van der Waals surface area contributed by atoms with Crippen LogP contribution in [0, 0.1) is 11.3 Å². The van der Waals surface area contributed by atoms with Crippen molar-refractivity contribution in [3.63, 3.8) is 0 Å². The molecule has 0 unspecified atom stereocenters. The van der Waals surface area contributed by atoms with Gasteiger partial charge in [0.05, 0.1) is 27.9 Å². The number of hydrogen-bond acceptors (Lipinski definition) is 5. The smallest absolute Gasteiger partial charge is 0.338 e. The van der Waals surface area contributed by atoms with E-state index in [0.717, 1.165) is 0 Å². The Morgan fingerprint density at radius 2 is 1.89 bits per heavy atom. The van der Waals surface area contributed by atoms with Crippen molar-refractivity contribution in [1.29, 1.82) is 5.26 Å². The molecule has 0 fully saturated rings. The Hall–Kier alpha value is -3.01. The molecule has 0 heterocycles. The van der Waals surface area contributed by atoms with Gasteiger partial charge in [-0.2, -0.15) is 5.26 Å². The number of nitrogens with zero attached hydrogens (tertiary/aromatic N) is 1. The number of hydrogen-bond donors (Lipinski definition) is 2. The zero-order valence-electron chi connectivity index (χ0n) is 14.3. The monoisotopic (exact) mass is 403 g/mol. The standard InChI is InChI=1S/C19H15Cl2N3O3/c1-2-27-19(26)12-6-8-14(9-7-12)23-11-13(10-22)18(25)24-16-5-3-4-15(20)17(16)21/h3-9,11,23H,2H2,1H3,(H,24,25)/b13-11-. The van der Waals surface area contributed by atoms with E-state index in [9.17, 15) is 14.9 Å². The fraction of sp³-hybridized carbons (Fsp3) is 0.105. The highest BCUT2D eigenvalue weighted by molar-refractivity contribution is 6.44. The Morgan fingerprint density at radius 1 is 1.19 bits per heavy atom. The second-order valence-electron chi connectivity index (χ2n) is 5.17. The molecule has 2 aromatic carbocycles. The van der Waals surface area contributed by atoms with Gasteiger partial charge in [-0.25, -0.2) is 4.79 Å². The molecule has 0 atom stereocenters. The van der Waals surface area contributed by atoms with E-state index in [2.05, 4.69) is 10.6 Å². The molecule has 0 bridgehead atoms. The Labute approximate surface area is 166 Å². The van der Waals surface area contributed by atoms with E-state index in [-0.39, 0.29) is 15.6 Å². The first-order valence-electron chi connectivity index (χ1n) is 7.85. The van der Waals surface area contributed by atoms with Crippen LogP contribution in [0.4, 0.5) is 11.4 Å². The van der Waals surface area contributed by atoms with Crippen LogP contribution in [0.1, 0.15) is 17.3 Å². The van der Waals surface area contributed by atoms with Crippen molar-refractivity contribution in [2.75, 3.05) is 17.2 Å². The van der Waals surface area contributed by atoms with Gasteiger partial charge >= 0.3 is 5.97 Å². The van der Waals surface area contributed by atoms with E-state index in [1.54, 1.807) is 49.4 Å². The molecule has 2 rings (SSSR count). The molecular formula is C19H15Cl2N3O3. The zero-order valence-corrected chi connectivity index (χ0v) is 15.8. The van der Waals surface area contributed by atoms with Crippen LogP contribution >= 0.6 is 23.2 Å². The van der Waals surface area contributed by atoms with Gasteiger partial charge in [-0.1, -0.05) is 29.3 Å². The maximum Gasteiger partial charge on any atom is 0.338 e. The summed E-state index contributed by atoms with van der Waals surface area (Å²) in [6.07, 6.45) is 1.26. The summed E-state index contributed by atoms with van der Waals surface area (Å²) >= 11 is 11.9. The lowest BCUT2D eigenvalue weighted by molar-refractivity contribution is -0.112. The van der Waals surface area contributed by atoms with Gasteiger partial charge in [-0.05, 0) is 43.3 Å². The van der Waals surface area contributed by atoms with Crippen LogP contribution in [-0.2, 0) is 9.53 Å². The fourth-order valence-electron chi connectivity index (χ4n) is 2.01. The Kier molecular flexibility index (Phi) is 7.24. The third-order valence-electron chi connectivity index (χ3n) is 3.34. The Morgan fingerprint density at radius 3 is 2.52 bits per heavy atom. The third-order valence-corrected chi connectivity index (χ3v) is 4.16. The van der Waals surface area contributed by atoms with Crippen molar-refractivity contribution in [3.8, 4) is 6.07 Å². The summed E-state index contributed by atoms with van der Waals surface area (Å²) < 4.78 is 4.90. The number of benzene rings is 2. The van der Waals surface area contributed by atoms with E-state index < -0.39 is 11.9 Å². The number of carbonyl (C=O) groups is 2. The first kappa shape index (κ1) is 20.3. The predicted molar refractivity (Wildman–Crippen MR) is 105 cm³/mol. The van der Waals surface area contributed by atoms with Crippen molar-refractivity contribution in [2.24, 2.45) is 0 Å². The molecule has 2 aromatic rings. The van der Waals surface area contributed by atoms with E-state index in [1.165, 1.54) is 6.20 Å². The SMILES string of the molecule is CCOC(=O)c1ccc(N/C=C(/C#N)C(=O)Nc2cccc(Cl)c2Cl)cc1. The number of anilines is 2. The van der Waals surface area contributed by atoms with Gasteiger partial charge in [0, 0.05) is 11.9 Å². The molecule has 8 heteroatoms. The molecule has 0 radical (unpaired) electrons. The van der Waals surface area contributed by atoms with Crippen LogP contribution in [0.5, 0.6) is 0 Å². The minimum absolute atomic E-state index is 0.166. The zero-order chi connectivity index (χ0) is 19.8. The van der Waals surface area contributed by atoms with Gasteiger partial charge in [-0.3, -0.25) is 4.79 Å². The van der Waals surface area contributed by atoms with Crippen molar-refractivity contribution in [1.82, 2.24) is 0 Å². The largest absolute Gasteiger partial charge is 0.462 e. The lowest BCUT2D eigenvalue weighted by atomic mass is 10.2. The van der Waals surface area contributed by atoms with Gasteiger partial charge < -0.3 is 15.4 Å². The molecule has 0 aromatic heterocycles. The van der Waals surface area contributed by atoms with Gasteiger partial charge in [0.25, 0.3) is 5.91 Å². The van der Waals surface area contributed by atoms with Gasteiger partial charge in [0.1, 0.15) is 11.6 Å². The number of esters is 1. The maximum absolute atomic E-state index is 12.2. The number of halogens is 2. The topological polar surface area (TPSA) is 91.2 Å². The quantitative estimate of drug-likeness (QED) is 0.416. The molecular weight excluding hydrogens is 389 g/mol. The highest BCUT2D eigenvalue weighted by Gasteiger charge is 2.12. The fourth-order valence-corrected chi connectivity index (χ4v) is 2.36. The minimum atomic E-state index is -0.641. The molecule has 0 saturated heterocycles. The summed E-state index contributed by atoms with van der Waals surface area (Å²) in [5, 5.41) is 15.0. The summed E-state index contributed by atoms with van der Waals surface area (Å²) in [7, 11) is 0. The number of carbonyl (C=O) groups excluding carboxylic acids is 2. The lowest BCUT2D eigenvalue weighted by Crippen LogP contribution is -2.15. The van der Waals surface area contributed by atoms with Gasteiger partial charge in [0.15, 0.2) is 0 Å². The van der Waals surface area contributed by atoms with E-state index in [0.29, 0.717) is 23.5 Å². The van der Waals surface area contributed by atoms with Crippen LogP contribution in [-0.4, -0.2) is 18.5 Å². The molecule has 1 amide bonds. The van der Waals surface area contributed by atoms with Crippen LogP contribution in [0.15, 0.2) is 54.2 Å². The number of nitrogens with one attached hydrogen (secondary N) is 2. The predicted octanol–water partition coefficient (Wildman–Crippen LogP) is 4.63. The average Bonchev–Trinajstić information content (AvgIpc) is 2.66. The maximum atomic E-state index is 12.2. The van der Waals surface area contributed by atoms with Gasteiger partial charge in [-0.15, -0.1) is 0 Å². The van der Waals surface area contributed by atoms with E-state index in [1.807, 2.05) is 6.07 Å². The van der Waals surface area contributed by atoms with Crippen molar-refractivity contribution in [3.05, 3.63) is 69.8 Å². The normalized spacial score (nSPS) is 10.7. The summed E-state index contributed by atoms with van der Waals surface area (Å²) in [4.78, 5) is 23.9. The molecule has 6 nitrogen and oxygen atoms in total. The molecule has 0 saturated carbocycles. The van der Waals surface area contributed by atoms with Crippen molar-refractivity contribution in [2.45, 2.75) is 6.92 Å². The summed E-state index contributed by atoms with van der Waals surface area (Å²) in [6, 6.07) is 13.0. The van der Waals surface area contributed by atoms with Crippen LogP contribution in [0.3, 0.4) is 0 Å². The second-order valence-corrected chi connectivity index (χ2v) is 5.95. The van der Waals surface area contributed by atoms with E-state index in [4.69, 9.17) is 27.9 Å². The third kappa shape index (κ3) is 5.48. The molecule has 0 aliphatic heterocycles. The molecule has 27 heavy (non-hydrogen) atoms. The minimum Gasteiger partial charge on any atom is -0.462 e. The Bertz CT molecular complexity index is 919. The molecule has 2 N–H and O–H groups in total. The first-order valence-corrected chi connectivity index (χ1v) is 8.61.